The summed E-state index contributed by atoms with van der Waals surface area (Å²) in [6, 6.07) is 0. The molecule has 0 N–H and O–H groups in total. The minimum atomic E-state index is -0.329. The Morgan fingerprint density at radius 1 is 1.57 bits per heavy atom. The molecule has 5 heteroatoms. The van der Waals surface area contributed by atoms with Gasteiger partial charge in [0.05, 0.1) is 6.21 Å². The molecule has 40 valence electrons. The van der Waals surface area contributed by atoms with Crippen LogP contribution in [-0.2, 0) is 0 Å². The molecule has 0 aliphatic carbocycles. The molecule has 1 heterocycles. The van der Waals surface area contributed by atoms with Crippen molar-refractivity contribution in [3.63, 3.8) is 0 Å². The highest BCUT2D eigenvalue weighted by Gasteiger charge is 2.22. The number of nitrogens with zero attached hydrogens (tertiary/aromatic N) is 1. The molecule has 0 radical (unpaired) electrons. The molecule has 0 bridgehead atoms. The number of hydrogen-bond donors (Lipinski definition) is 2. The van der Waals surface area contributed by atoms with Crippen molar-refractivity contribution >= 4 is 53.2 Å². The predicted octanol–water partition coefficient (Wildman–Crippen LogP) is 1.88. The van der Waals surface area contributed by atoms with Crippen molar-refractivity contribution in [1.82, 2.24) is 0 Å². The zero-order valence-corrected chi connectivity index (χ0v) is 6.66. The summed E-state index contributed by atoms with van der Waals surface area (Å²) in [4.78, 5) is 0. The molecular weight excluding hydrogens is 166 g/mol. The molecule has 0 saturated heterocycles. The van der Waals surface area contributed by atoms with Crippen LogP contribution < -0.4 is 0 Å². The van der Waals surface area contributed by atoms with Crippen molar-refractivity contribution in [3.05, 3.63) is 0 Å². The van der Waals surface area contributed by atoms with Crippen LogP contribution in [0.15, 0.2) is 4.40 Å². The molecule has 0 amide bonds. The van der Waals surface area contributed by atoms with Crippen LogP contribution in [0.3, 0.4) is 0 Å². The van der Waals surface area contributed by atoms with E-state index >= 15 is 0 Å². The van der Waals surface area contributed by atoms with Gasteiger partial charge in [-0.2, -0.15) is 0 Å². The zero-order chi connectivity index (χ0) is 5.33. The van der Waals surface area contributed by atoms with Crippen molar-refractivity contribution < 1.29 is 0 Å². The molecule has 1 nitrogen and oxygen atoms in total. The molecule has 0 saturated carbocycles. The molecule has 1 rings (SSSR count). The van der Waals surface area contributed by atoms with Crippen LogP contribution in [0.2, 0.25) is 0 Å². The topological polar surface area (TPSA) is 12.4 Å². The second-order valence-corrected chi connectivity index (χ2v) is 5.54. The minimum absolute atomic E-state index is 0.329. The summed E-state index contributed by atoms with van der Waals surface area (Å²) in [6.45, 7) is 0. The van der Waals surface area contributed by atoms with Gasteiger partial charge in [-0.1, -0.05) is 0 Å². The third-order valence-electron chi connectivity index (χ3n) is 0.424. The van der Waals surface area contributed by atoms with E-state index in [4.69, 9.17) is 0 Å². The van der Waals surface area contributed by atoms with Gasteiger partial charge in [0, 0.05) is 11.0 Å². The molecule has 0 atom stereocenters. The smallest absolute Gasteiger partial charge is 0.149 e. The van der Waals surface area contributed by atoms with E-state index in [1.54, 1.807) is 6.21 Å². The number of rotatable bonds is 0. The van der Waals surface area contributed by atoms with Crippen molar-refractivity contribution in [2.75, 3.05) is 0 Å². The van der Waals surface area contributed by atoms with Gasteiger partial charge in [-0.3, -0.25) is 0 Å². The SMILES string of the molecule is SC1(S)C=NSS1. The van der Waals surface area contributed by atoms with Gasteiger partial charge in [0.2, 0.25) is 0 Å². The van der Waals surface area contributed by atoms with Crippen molar-refractivity contribution in [3.8, 4) is 0 Å². The van der Waals surface area contributed by atoms with Gasteiger partial charge in [-0.25, -0.2) is 4.40 Å². The highest BCUT2D eigenvalue weighted by molar-refractivity contribution is 8.80. The summed E-state index contributed by atoms with van der Waals surface area (Å²) in [5, 5.41) is 0. The Kier molecular flexibility index (Phi) is 1.88. The second-order valence-electron chi connectivity index (χ2n) is 1.05. The second kappa shape index (κ2) is 2.13. The monoisotopic (exact) mass is 169 g/mol. The molecule has 1 aliphatic rings. The third-order valence-corrected chi connectivity index (χ3v) is 3.83. The van der Waals surface area contributed by atoms with E-state index in [1.165, 1.54) is 21.8 Å². The predicted molar refractivity (Wildman–Crippen MR) is 44.4 cm³/mol. The van der Waals surface area contributed by atoms with Gasteiger partial charge in [0.15, 0.2) is 0 Å². The lowest BCUT2D eigenvalue weighted by Crippen LogP contribution is -2.01. The molecular formula is C2H3NS4. The summed E-state index contributed by atoms with van der Waals surface area (Å²) >= 11 is 8.21. The molecule has 1 aliphatic heterocycles. The maximum Gasteiger partial charge on any atom is 0.149 e. The van der Waals surface area contributed by atoms with Crippen LogP contribution >= 0.6 is 47.0 Å². The lowest BCUT2D eigenvalue weighted by atomic mass is 10.9. The van der Waals surface area contributed by atoms with Crippen LogP contribution in [0.1, 0.15) is 0 Å². The Balaban J connectivity index is 2.57. The molecule has 0 spiro atoms. The van der Waals surface area contributed by atoms with Gasteiger partial charge in [-0.05, 0) is 10.8 Å². The quantitative estimate of drug-likeness (QED) is 0.249. The van der Waals surface area contributed by atoms with Crippen LogP contribution in [0.25, 0.3) is 0 Å². The van der Waals surface area contributed by atoms with Crippen LogP contribution in [0.5, 0.6) is 0 Å². The molecule has 0 aromatic heterocycles. The highest BCUT2D eigenvalue weighted by atomic mass is 33.1. The summed E-state index contributed by atoms with van der Waals surface area (Å²) in [6.07, 6.45) is 1.70. The maximum atomic E-state index is 4.11. The zero-order valence-electron chi connectivity index (χ0n) is 3.24. The Hall–Kier alpha value is 1.07. The average molecular weight is 169 g/mol. The minimum Gasteiger partial charge on any atom is -0.214 e. The fraction of sp³-hybridized carbons (Fsp3) is 0.500. The van der Waals surface area contributed by atoms with E-state index in [-0.39, 0.29) is 3.41 Å². The van der Waals surface area contributed by atoms with Gasteiger partial charge in [0.25, 0.3) is 0 Å². The first kappa shape index (κ1) is 6.19. The van der Waals surface area contributed by atoms with Crippen LogP contribution in [0.4, 0.5) is 0 Å². The van der Waals surface area contributed by atoms with Crippen molar-refractivity contribution in [1.29, 1.82) is 0 Å². The van der Waals surface area contributed by atoms with Gasteiger partial charge in [-0.15, -0.1) is 25.3 Å². The van der Waals surface area contributed by atoms with Gasteiger partial charge < -0.3 is 0 Å². The highest BCUT2D eigenvalue weighted by Crippen LogP contribution is 2.46. The molecule has 0 fully saturated rings. The normalized spacial score (nSPS) is 26.0. The Bertz CT molecular complexity index is 97.9. The van der Waals surface area contributed by atoms with Crippen LogP contribution in [-0.4, -0.2) is 9.63 Å². The summed E-state index contributed by atoms with van der Waals surface area (Å²) in [5.74, 6) is 0. The van der Waals surface area contributed by atoms with Crippen LogP contribution in [0, 0.1) is 0 Å². The van der Waals surface area contributed by atoms with E-state index in [0.29, 0.717) is 0 Å². The summed E-state index contributed by atoms with van der Waals surface area (Å²) in [7, 11) is 2.94. The first-order chi connectivity index (χ1) is 3.21. The molecule has 7 heavy (non-hydrogen) atoms. The number of thiol groups is 2. The van der Waals surface area contributed by atoms with E-state index in [9.17, 15) is 0 Å². The standard InChI is InChI=1S/C2H3NS4/c4-2(5)1-3-7-6-2/h1,4-5H. The van der Waals surface area contributed by atoms with Gasteiger partial charge >= 0.3 is 0 Å². The first-order valence-corrected chi connectivity index (χ1v) is 4.55. The van der Waals surface area contributed by atoms with E-state index < -0.39 is 0 Å². The van der Waals surface area contributed by atoms with E-state index in [1.807, 2.05) is 0 Å². The van der Waals surface area contributed by atoms with Crippen molar-refractivity contribution in [2.45, 2.75) is 3.41 Å². The van der Waals surface area contributed by atoms with E-state index in [0.717, 1.165) is 0 Å². The Labute approximate surface area is 61.1 Å². The average Bonchev–Trinajstić information content (AvgIpc) is 1.84. The van der Waals surface area contributed by atoms with Crippen molar-refractivity contribution in [2.24, 2.45) is 4.40 Å². The fourth-order valence-corrected chi connectivity index (χ4v) is 2.29. The summed E-state index contributed by atoms with van der Waals surface area (Å²) in [5.41, 5.74) is 0. The Morgan fingerprint density at radius 2 is 2.29 bits per heavy atom. The van der Waals surface area contributed by atoms with Gasteiger partial charge in [0.1, 0.15) is 3.41 Å². The molecule has 0 aromatic carbocycles. The Morgan fingerprint density at radius 3 is 2.43 bits per heavy atom. The first-order valence-electron chi connectivity index (χ1n) is 1.55. The maximum absolute atomic E-state index is 4.11. The lowest BCUT2D eigenvalue weighted by molar-refractivity contribution is 1.78. The fourth-order valence-electron chi connectivity index (χ4n) is 0.188. The number of hydrogen-bond acceptors (Lipinski definition) is 5. The lowest BCUT2D eigenvalue weighted by Gasteiger charge is -2.04. The third kappa shape index (κ3) is 1.79. The molecule has 0 aromatic rings. The summed E-state index contributed by atoms with van der Waals surface area (Å²) < 4.78 is 3.51. The largest absolute Gasteiger partial charge is 0.214 e. The molecule has 0 unspecified atom stereocenters. The van der Waals surface area contributed by atoms with E-state index in [2.05, 4.69) is 29.7 Å².